The minimum atomic E-state index is -0.0660. The largest absolute Gasteiger partial charge is 0.496 e. The Morgan fingerprint density at radius 1 is 1.37 bits per heavy atom. The number of ether oxygens (including phenoxy) is 1. The number of thiophene rings is 1. The molecule has 0 spiro atoms. The smallest absolute Gasteiger partial charge is 0.261 e. The highest BCUT2D eigenvalue weighted by Gasteiger charge is 2.08. The maximum atomic E-state index is 11.8. The van der Waals surface area contributed by atoms with Gasteiger partial charge in [-0.25, -0.2) is 0 Å². The molecule has 0 aliphatic carbocycles. The van der Waals surface area contributed by atoms with Crippen LogP contribution in [0.25, 0.3) is 0 Å². The summed E-state index contributed by atoms with van der Waals surface area (Å²) < 4.78 is 5.05. The van der Waals surface area contributed by atoms with Crippen molar-refractivity contribution in [2.45, 2.75) is 6.42 Å². The van der Waals surface area contributed by atoms with E-state index < -0.39 is 0 Å². The van der Waals surface area contributed by atoms with Crippen LogP contribution < -0.4 is 15.8 Å². The molecule has 1 aromatic heterocycles. The molecule has 0 atom stereocenters. The maximum Gasteiger partial charge on any atom is 0.261 e. The van der Waals surface area contributed by atoms with Crippen LogP contribution in [0.5, 0.6) is 5.75 Å². The van der Waals surface area contributed by atoms with Crippen LogP contribution in [-0.2, 0) is 6.42 Å². The Hall–Kier alpha value is -2.01. The van der Waals surface area contributed by atoms with Gasteiger partial charge in [-0.1, -0.05) is 12.1 Å². The van der Waals surface area contributed by atoms with E-state index in [0.29, 0.717) is 17.2 Å². The van der Waals surface area contributed by atoms with Crippen LogP contribution in [-0.4, -0.2) is 19.6 Å². The second-order valence-corrected chi connectivity index (χ2v) is 5.01. The Morgan fingerprint density at radius 3 is 2.74 bits per heavy atom. The van der Waals surface area contributed by atoms with E-state index >= 15 is 0 Å². The lowest BCUT2D eigenvalue weighted by Gasteiger charge is -2.04. The van der Waals surface area contributed by atoms with E-state index in [9.17, 15) is 4.79 Å². The second-order valence-electron chi connectivity index (χ2n) is 4.10. The van der Waals surface area contributed by atoms with Gasteiger partial charge < -0.3 is 15.8 Å². The predicted octanol–water partition coefficient (Wildman–Crippen LogP) is 2.31. The van der Waals surface area contributed by atoms with E-state index in [0.717, 1.165) is 17.7 Å². The summed E-state index contributed by atoms with van der Waals surface area (Å²) in [7, 11) is 1.59. The van der Waals surface area contributed by atoms with Crippen molar-refractivity contribution in [1.82, 2.24) is 5.32 Å². The molecule has 0 aliphatic rings. The molecule has 0 aliphatic heterocycles. The maximum absolute atomic E-state index is 11.8. The van der Waals surface area contributed by atoms with Crippen molar-refractivity contribution in [2.75, 3.05) is 19.4 Å². The minimum absolute atomic E-state index is 0.0660. The van der Waals surface area contributed by atoms with Crippen LogP contribution in [0, 0.1) is 0 Å². The fraction of sp³-hybridized carbons (Fsp3) is 0.214. The first kappa shape index (κ1) is 13.4. The number of amides is 1. The van der Waals surface area contributed by atoms with Crippen LogP contribution >= 0.6 is 11.3 Å². The normalized spacial score (nSPS) is 10.2. The Bertz CT molecular complexity index is 549. The van der Waals surface area contributed by atoms with Crippen molar-refractivity contribution < 1.29 is 9.53 Å². The lowest BCUT2D eigenvalue weighted by Crippen LogP contribution is -2.24. The molecule has 0 bridgehead atoms. The van der Waals surface area contributed by atoms with Crippen molar-refractivity contribution in [3.8, 4) is 5.75 Å². The SMILES string of the molecule is COc1csc(C(=O)NCCc2ccc(N)cc2)c1. The molecule has 19 heavy (non-hydrogen) atoms. The molecular weight excluding hydrogens is 260 g/mol. The average molecular weight is 276 g/mol. The Morgan fingerprint density at radius 2 is 2.11 bits per heavy atom. The summed E-state index contributed by atoms with van der Waals surface area (Å²) in [5.41, 5.74) is 7.51. The minimum Gasteiger partial charge on any atom is -0.496 e. The summed E-state index contributed by atoms with van der Waals surface area (Å²) in [6.45, 7) is 0.600. The first-order valence-corrected chi connectivity index (χ1v) is 6.82. The fourth-order valence-corrected chi connectivity index (χ4v) is 2.41. The molecule has 3 N–H and O–H groups in total. The number of anilines is 1. The lowest BCUT2D eigenvalue weighted by atomic mass is 10.1. The molecular formula is C14H16N2O2S. The van der Waals surface area contributed by atoms with E-state index in [-0.39, 0.29) is 5.91 Å². The molecule has 1 heterocycles. The zero-order valence-electron chi connectivity index (χ0n) is 10.7. The van der Waals surface area contributed by atoms with Crippen molar-refractivity contribution in [1.29, 1.82) is 0 Å². The Balaban J connectivity index is 1.82. The quantitative estimate of drug-likeness (QED) is 0.824. The summed E-state index contributed by atoms with van der Waals surface area (Å²) in [5.74, 6) is 0.650. The number of carbonyl (C=O) groups excluding carboxylic acids is 1. The number of carbonyl (C=O) groups is 1. The number of nitrogen functional groups attached to an aromatic ring is 1. The first-order chi connectivity index (χ1) is 9.19. The standard InChI is InChI=1S/C14H16N2O2S/c1-18-12-8-13(19-9-12)14(17)16-7-6-10-2-4-11(15)5-3-10/h2-5,8-9H,6-7,15H2,1H3,(H,16,17). The molecule has 0 radical (unpaired) electrons. The topological polar surface area (TPSA) is 64.3 Å². The molecule has 0 fully saturated rings. The van der Waals surface area contributed by atoms with Gasteiger partial charge in [0.05, 0.1) is 12.0 Å². The molecule has 1 amide bonds. The molecule has 0 unspecified atom stereocenters. The van der Waals surface area contributed by atoms with Crippen molar-refractivity contribution in [3.05, 3.63) is 46.2 Å². The highest BCUT2D eigenvalue weighted by atomic mass is 32.1. The highest BCUT2D eigenvalue weighted by molar-refractivity contribution is 7.12. The molecule has 2 aromatic rings. The number of hydrogen-bond acceptors (Lipinski definition) is 4. The van der Waals surface area contributed by atoms with Crippen LogP contribution in [0.1, 0.15) is 15.2 Å². The summed E-state index contributed by atoms with van der Waals surface area (Å²) in [5, 5.41) is 4.70. The number of methoxy groups -OCH3 is 1. The van der Waals surface area contributed by atoms with Gasteiger partial charge >= 0.3 is 0 Å². The lowest BCUT2D eigenvalue weighted by molar-refractivity contribution is 0.0958. The van der Waals surface area contributed by atoms with E-state index in [4.69, 9.17) is 10.5 Å². The fourth-order valence-electron chi connectivity index (χ4n) is 1.64. The van der Waals surface area contributed by atoms with Gasteiger partial charge in [-0.3, -0.25) is 4.79 Å². The van der Waals surface area contributed by atoms with Gasteiger partial charge in [-0.2, -0.15) is 0 Å². The number of nitrogens with one attached hydrogen (secondary N) is 1. The van der Waals surface area contributed by atoms with Crippen LogP contribution in [0.3, 0.4) is 0 Å². The molecule has 1 aromatic carbocycles. The Labute approximate surface area is 116 Å². The molecule has 4 nitrogen and oxygen atoms in total. The number of hydrogen-bond donors (Lipinski definition) is 2. The highest BCUT2D eigenvalue weighted by Crippen LogP contribution is 2.20. The molecule has 5 heteroatoms. The van der Waals surface area contributed by atoms with Crippen molar-refractivity contribution in [3.63, 3.8) is 0 Å². The van der Waals surface area contributed by atoms with Crippen LogP contribution in [0.2, 0.25) is 0 Å². The van der Waals surface area contributed by atoms with Crippen molar-refractivity contribution >= 4 is 22.9 Å². The molecule has 0 saturated carbocycles. The monoisotopic (exact) mass is 276 g/mol. The van der Waals surface area contributed by atoms with Crippen LogP contribution in [0.4, 0.5) is 5.69 Å². The van der Waals surface area contributed by atoms with Gasteiger partial charge in [0, 0.05) is 23.7 Å². The van der Waals surface area contributed by atoms with Gasteiger partial charge in [-0.15, -0.1) is 11.3 Å². The third-order valence-corrected chi connectivity index (χ3v) is 3.62. The molecule has 2 rings (SSSR count). The van der Waals surface area contributed by atoms with Gasteiger partial charge in [0.15, 0.2) is 0 Å². The van der Waals surface area contributed by atoms with Gasteiger partial charge in [0.1, 0.15) is 5.75 Å². The predicted molar refractivity (Wildman–Crippen MR) is 77.8 cm³/mol. The zero-order valence-corrected chi connectivity index (χ0v) is 11.5. The van der Waals surface area contributed by atoms with Gasteiger partial charge in [-0.05, 0) is 24.1 Å². The Kier molecular flexibility index (Phi) is 4.41. The van der Waals surface area contributed by atoms with Crippen molar-refractivity contribution in [2.24, 2.45) is 0 Å². The summed E-state index contributed by atoms with van der Waals surface area (Å²) in [4.78, 5) is 12.5. The van der Waals surface area contributed by atoms with E-state index in [2.05, 4.69) is 5.32 Å². The summed E-state index contributed by atoms with van der Waals surface area (Å²) >= 11 is 1.38. The van der Waals surface area contributed by atoms with E-state index in [1.54, 1.807) is 13.2 Å². The summed E-state index contributed by atoms with van der Waals surface area (Å²) in [6, 6.07) is 9.40. The first-order valence-electron chi connectivity index (χ1n) is 5.94. The van der Waals surface area contributed by atoms with Crippen LogP contribution in [0.15, 0.2) is 35.7 Å². The molecule has 0 saturated heterocycles. The third kappa shape index (κ3) is 3.72. The van der Waals surface area contributed by atoms with Gasteiger partial charge in [0.2, 0.25) is 0 Å². The molecule has 100 valence electrons. The number of benzene rings is 1. The van der Waals surface area contributed by atoms with E-state index in [1.807, 2.05) is 29.6 Å². The third-order valence-electron chi connectivity index (χ3n) is 2.71. The average Bonchev–Trinajstić information content (AvgIpc) is 2.90. The zero-order chi connectivity index (χ0) is 13.7. The number of nitrogens with two attached hydrogens (primary N) is 1. The summed E-state index contributed by atoms with van der Waals surface area (Å²) in [6.07, 6.45) is 0.786. The number of rotatable bonds is 5. The van der Waals surface area contributed by atoms with Gasteiger partial charge in [0.25, 0.3) is 5.91 Å². The van der Waals surface area contributed by atoms with E-state index in [1.165, 1.54) is 11.3 Å². The second kappa shape index (κ2) is 6.24.